The minimum Gasteiger partial charge on any atom is -0.362 e. The third kappa shape index (κ3) is 5.28. The van der Waals surface area contributed by atoms with Crippen LogP contribution in [0.4, 0.5) is 16.2 Å². The van der Waals surface area contributed by atoms with E-state index in [-0.39, 0.29) is 39.8 Å². The van der Waals surface area contributed by atoms with E-state index in [1.165, 1.54) is 24.1 Å². The van der Waals surface area contributed by atoms with Crippen LogP contribution in [0.3, 0.4) is 0 Å². The molecular weight excluding hydrogens is 495 g/mol. The predicted molar refractivity (Wildman–Crippen MR) is 142 cm³/mol. The Kier molecular flexibility index (Phi) is 7.33. The molecule has 0 bridgehead atoms. The van der Waals surface area contributed by atoms with E-state index in [1.54, 1.807) is 13.0 Å². The average Bonchev–Trinajstić information content (AvgIpc) is 3.25. The lowest BCUT2D eigenvalue weighted by molar-refractivity contribution is 0.0925. The second kappa shape index (κ2) is 10.7. The molecule has 1 amide bonds. The number of hydrogen-bond donors (Lipinski definition) is 2. The van der Waals surface area contributed by atoms with Crippen molar-refractivity contribution in [3.63, 3.8) is 0 Å². The molecule has 2 aliphatic rings. The van der Waals surface area contributed by atoms with Crippen molar-refractivity contribution >= 4 is 29.3 Å². The monoisotopic (exact) mass is 526 g/mol. The van der Waals surface area contributed by atoms with Crippen LogP contribution in [0.1, 0.15) is 65.9 Å². The van der Waals surface area contributed by atoms with Crippen molar-refractivity contribution in [3.8, 4) is 11.3 Å². The summed E-state index contributed by atoms with van der Waals surface area (Å²) in [6.07, 6.45) is 7.72. The molecule has 0 radical (unpaired) electrons. The number of carbonyl (C=O) groups is 1. The van der Waals surface area contributed by atoms with Gasteiger partial charge in [0.05, 0.1) is 16.3 Å². The first-order chi connectivity index (χ1) is 17.8. The number of anilines is 2. The molecule has 1 saturated carbocycles. The molecule has 2 aliphatic carbocycles. The minimum absolute atomic E-state index is 0.00872. The van der Waals surface area contributed by atoms with Gasteiger partial charge in [-0.15, -0.1) is 0 Å². The van der Waals surface area contributed by atoms with Crippen molar-refractivity contribution < 1.29 is 13.7 Å². The van der Waals surface area contributed by atoms with Gasteiger partial charge in [0.15, 0.2) is 0 Å². The van der Waals surface area contributed by atoms with E-state index in [2.05, 4.69) is 20.7 Å². The molecule has 10 heteroatoms. The van der Waals surface area contributed by atoms with E-state index in [1.807, 2.05) is 14.1 Å². The van der Waals surface area contributed by atoms with Crippen molar-refractivity contribution in [3.05, 3.63) is 51.6 Å². The summed E-state index contributed by atoms with van der Waals surface area (Å²) in [6, 6.07) is 4.58. The summed E-state index contributed by atoms with van der Waals surface area (Å²) >= 11 is 6.22. The van der Waals surface area contributed by atoms with Gasteiger partial charge in [-0.3, -0.25) is 4.79 Å². The number of benzene rings is 1. The lowest BCUT2D eigenvalue weighted by Crippen LogP contribution is -2.40. The zero-order valence-electron chi connectivity index (χ0n) is 21.4. The molecule has 2 aromatic heterocycles. The SMILES string of the molecule is Cc1onc(-c2c(F)cccc2Cl)c1C(=O)N[C@H]1CC[C@@H](Nc2nc3c(c(N(C)C)n2)CCCC3)CC1. The molecule has 1 aromatic carbocycles. The first kappa shape index (κ1) is 25.4. The Bertz CT molecular complexity index is 1280. The molecule has 2 N–H and O–H groups in total. The van der Waals surface area contributed by atoms with Crippen LogP contribution < -0.4 is 15.5 Å². The fourth-order valence-corrected chi connectivity index (χ4v) is 5.62. The third-order valence-corrected chi connectivity index (χ3v) is 7.58. The fraction of sp³-hybridized carbons (Fsp3) is 0.481. The Labute approximate surface area is 221 Å². The van der Waals surface area contributed by atoms with Crippen molar-refractivity contribution in [1.29, 1.82) is 0 Å². The number of aromatic nitrogens is 3. The number of aryl methyl sites for hydroxylation is 2. The van der Waals surface area contributed by atoms with E-state index in [9.17, 15) is 9.18 Å². The summed E-state index contributed by atoms with van der Waals surface area (Å²) in [7, 11) is 4.05. The minimum atomic E-state index is -0.553. The molecule has 196 valence electrons. The summed E-state index contributed by atoms with van der Waals surface area (Å²) in [5, 5.41) is 10.7. The highest BCUT2D eigenvalue weighted by molar-refractivity contribution is 6.33. The zero-order valence-corrected chi connectivity index (χ0v) is 22.2. The molecule has 0 spiro atoms. The number of rotatable bonds is 6. The molecule has 5 rings (SSSR count). The molecule has 2 heterocycles. The molecule has 8 nitrogen and oxygen atoms in total. The maximum Gasteiger partial charge on any atom is 0.257 e. The Morgan fingerprint density at radius 2 is 1.84 bits per heavy atom. The van der Waals surface area contributed by atoms with Gasteiger partial charge in [-0.1, -0.05) is 22.8 Å². The number of hydrogen-bond acceptors (Lipinski definition) is 7. The molecule has 0 unspecified atom stereocenters. The Balaban J connectivity index is 1.24. The van der Waals surface area contributed by atoms with Gasteiger partial charge in [0.1, 0.15) is 28.7 Å². The van der Waals surface area contributed by atoms with Gasteiger partial charge in [-0.05, 0) is 70.4 Å². The number of nitrogens with one attached hydrogen (secondary N) is 2. The number of fused-ring (bicyclic) bond motifs is 1. The molecule has 1 fully saturated rings. The second-order valence-corrected chi connectivity index (χ2v) is 10.5. The number of carbonyl (C=O) groups excluding carboxylic acids is 1. The molecular formula is C27H32ClFN6O2. The third-order valence-electron chi connectivity index (χ3n) is 7.27. The lowest BCUT2D eigenvalue weighted by Gasteiger charge is -2.30. The second-order valence-electron chi connectivity index (χ2n) is 10.1. The van der Waals surface area contributed by atoms with Crippen LogP contribution in [0.2, 0.25) is 5.02 Å². The smallest absolute Gasteiger partial charge is 0.257 e. The van der Waals surface area contributed by atoms with Crippen molar-refractivity contribution in [2.45, 2.75) is 70.4 Å². The largest absolute Gasteiger partial charge is 0.362 e. The van der Waals surface area contributed by atoms with E-state index < -0.39 is 5.82 Å². The normalized spacial score (nSPS) is 19.3. The Hall–Kier alpha value is -3.20. The van der Waals surface area contributed by atoms with Gasteiger partial charge in [0.2, 0.25) is 5.95 Å². The van der Waals surface area contributed by atoms with Gasteiger partial charge >= 0.3 is 0 Å². The van der Waals surface area contributed by atoms with Crippen LogP contribution in [0.25, 0.3) is 11.3 Å². The predicted octanol–water partition coefficient (Wildman–Crippen LogP) is 5.33. The van der Waals surface area contributed by atoms with Crippen LogP contribution in [-0.2, 0) is 12.8 Å². The van der Waals surface area contributed by atoms with Crippen molar-refractivity contribution in [2.24, 2.45) is 0 Å². The van der Waals surface area contributed by atoms with Gasteiger partial charge < -0.3 is 20.1 Å². The highest BCUT2D eigenvalue weighted by Crippen LogP contribution is 2.34. The van der Waals surface area contributed by atoms with Crippen molar-refractivity contribution in [2.75, 3.05) is 24.3 Å². The molecule has 37 heavy (non-hydrogen) atoms. The van der Waals surface area contributed by atoms with E-state index in [0.29, 0.717) is 11.7 Å². The van der Waals surface area contributed by atoms with E-state index in [4.69, 9.17) is 26.1 Å². The highest BCUT2D eigenvalue weighted by Gasteiger charge is 2.29. The van der Waals surface area contributed by atoms with E-state index >= 15 is 0 Å². The molecule has 3 aromatic rings. The standard InChI is InChI=1S/C27H32ClFN6O2/c1-15-22(24(34-37-15)23-19(28)8-6-9-20(23)29)26(36)30-16-11-13-17(14-12-16)31-27-32-21-10-5-4-7-18(21)25(33-27)35(2)3/h6,8-9,16-17H,4-5,7,10-14H2,1-3H3,(H,30,36)(H,31,32,33)/t16-,17+. The van der Waals surface area contributed by atoms with Gasteiger partial charge in [0, 0.05) is 31.7 Å². The Morgan fingerprint density at radius 1 is 1.11 bits per heavy atom. The highest BCUT2D eigenvalue weighted by atomic mass is 35.5. The van der Waals surface area contributed by atoms with Crippen LogP contribution in [-0.4, -0.2) is 47.2 Å². The van der Waals surface area contributed by atoms with Crippen molar-refractivity contribution in [1.82, 2.24) is 20.4 Å². The van der Waals surface area contributed by atoms with Gasteiger partial charge in [0.25, 0.3) is 5.91 Å². The molecule has 0 saturated heterocycles. The van der Waals surface area contributed by atoms with E-state index in [0.717, 1.165) is 56.5 Å². The topological polar surface area (TPSA) is 96.2 Å². The summed E-state index contributed by atoms with van der Waals surface area (Å²) in [6.45, 7) is 1.64. The Morgan fingerprint density at radius 3 is 2.57 bits per heavy atom. The maximum atomic E-state index is 14.5. The summed E-state index contributed by atoms with van der Waals surface area (Å²) in [5.41, 5.74) is 2.83. The molecule has 0 aliphatic heterocycles. The maximum absolute atomic E-state index is 14.5. The van der Waals surface area contributed by atoms with Crippen LogP contribution in [0.15, 0.2) is 22.7 Å². The summed E-state index contributed by atoms with van der Waals surface area (Å²) in [4.78, 5) is 24.9. The number of amides is 1. The quantitative estimate of drug-likeness (QED) is 0.448. The summed E-state index contributed by atoms with van der Waals surface area (Å²) in [5.74, 6) is 1.12. The van der Waals surface area contributed by atoms with Crippen LogP contribution >= 0.6 is 11.6 Å². The first-order valence-corrected chi connectivity index (χ1v) is 13.2. The zero-order chi connectivity index (χ0) is 26.1. The number of halogens is 2. The van der Waals surface area contributed by atoms with Gasteiger partial charge in [-0.25, -0.2) is 9.37 Å². The first-order valence-electron chi connectivity index (χ1n) is 12.9. The van der Waals surface area contributed by atoms with Gasteiger partial charge in [-0.2, -0.15) is 4.98 Å². The fourth-order valence-electron chi connectivity index (χ4n) is 5.37. The average molecular weight is 527 g/mol. The summed E-state index contributed by atoms with van der Waals surface area (Å²) < 4.78 is 19.8. The van der Waals surface area contributed by atoms with Crippen LogP contribution in [0.5, 0.6) is 0 Å². The van der Waals surface area contributed by atoms with Crippen LogP contribution in [0, 0.1) is 12.7 Å². The number of nitrogens with zero attached hydrogens (tertiary/aromatic N) is 4. The lowest BCUT2D eigenvalue weighted by atomic mass is 9.91. The molecule has 0 atom stereocenters.